The summed E-state index contributed by atoms with van der Waals surface area (Å²) in [4.78, 5) is 17.6. The second kappa shape index (κ2) is 6.40. The molecule has 0 aliphatic heterocycles. The van der Waals surface area contributed by atoms with Crippen LogP contribution >= 0.6 is 38.9 Å². The van der Waals surface area contributed by atoms with Crippen LogP contribution in [0.3, 0.4) is 0 Å². The van der Waals surface area contributed by atoms with Gasteiger partial charge in [-0.1, -0.05) is 51.0 Å². The second-order valence-corrected chi connectivity index (χ2v) is 7.71. The van der Waals surface area contributed by atoms with E-state index in [0.29, 0.717) is 31.6 Å². The summed E-state index contributed by atoms with van der Waals surface area (Å²) in [7, 11) is 0. The average Bonchev–Trinajstić information content (AvgIpc) is 3.02. The number of halogens is 2. The lowest BCUT2D eigenvalue weighted by atomic mass is 10.2. The van der Waals surface area contributed by atoms with Crippen molar-refractivity contribution in [1.82, 2.24) is 14.6 Å². The largest absolute Gasteiger partial charge is 0.482 e. The van der Waals surface area contributed by atoms with Crippen molar-refractivity contribution in [2.75, 3.05) is 0 Å². The Hall–Kier alpha value is -1.96. The van der Waals surface area contributed by atoms with Crippen LogP contribution in [-0.2, 0) is 0 Å². The van der Waals surface area contributed by atoms with Gasteiger partial charge in [-0.25, -0.2) is 4.98 Å². The van der Waals surface area contributed by atoms with Crippen molar-refractivity contribution in [3.63, 3.8) is 0 Å². The lowest BCUT2D eigenvalue weighted by Crippen LogP contribution is -2.15. The maximum Gasteiger partial charge on any atom is 0.283 e. The van der Waals surface area contributed by atoms with Gasteiger partial charge in [-0.15, -0.1) is 0 Å². The highest BCUT2D eigenvalue weighted by molar-refractivity contribution is 9.10. The predicted molar refractivity (Wildman–Crippen MR) is 103 cm³/mol. The number of ether oxygens (including phenoxy) is 1. The van der Waals surface area contributed by atoms with E-state index in [1.807, 2.05) is 31.2 Å². The van der Waals surface area contributed by atoms with Crippen LogP contribution in [0.15, 0.2) is 51.7 Å². The summed E-state index contributed by atoms with van der Waals surface area (Å²) in [5.41, 5.74) is 0.476. The third kappa shape index (κ3) is 3.03. The van der Waals surface area contributed by atoms with Crippen molar-refractivity contribution < 1.29 is 4.74 Å². The third-order valence-electron chi connectivity index (χ3n) is 3.66. The van der Waals surface area contributed by atoms with E-state index in [9.17, 15) is 4.79 Å². The molecule has 2 heterocycles. The van der Waals surface area contributed by atoms with E-state index in [4.69, 9.17) is 16.3 Å². The summed E-state index contributed by atoms with van der Waals surface area (Å²) in [6, 6.07) is 12.6. The Morgan fingerprint density at radius 3 is 2.88 bits per heavy atom. The molecule has 2 aromatic heterocycles. The van der Waals surface area contributed by atoms with Gasteiger partial charge in [-0.3, -0.25) is 4.79 Å². The average molecular weight is 437 g/mol. The summed E-state index contributed by atoms with van der Waals surface area (Å²) in [5, 5.41) is 6.09. The van der Waals surface area contributed by atoms with Gasteiger partial charge < -0.3 is 4.74 Å². The molecule has 0 N–H and O–H groups in total. The molecule has 0 saturated carbocycles. The molecule has 0 radical (unpaired) electrons. The number of fused-ring (bicyclic) bond motifs is 2. The minimum atomic E-state index is -0.368. The fourth-order valence-electron chi connectivity index (χ4n) is 2.45. The van der Waals surface area contributed by atoms with Gasteiger partial charge >= 0.3 is 0 Å². The molecule has 0 unspecified atom stereocenters. The van der Waals surface area contributed by atoms with E-state index in [1.54, 1.807) is 18.2 Å². The lowest BCUT2D eigenvalue weighted by Gasteiger charge is -2.13. The molecular weight excluding hydrogens is 426 g/mol. The fourth-order valence-corrected chi connectivity index (χ4v) is 4.04. The van der Waals surface area contributed by atoms with Crippen molar-refractivity contribution in [2.45, 2.75) is 13.0 Å². The number of aromatic nitrogens is 3. The molecule has 8 heteroatoms. The summed E-state index contributed by atoms with van der Waals surface area (Å²) in [6.07, 6.45) is -0.368. The Morgan fingerprint density at radius 1 is 1.28 bits per heavy atom. The van der Waals surface area contributed by atoms with E-state index >= 15 is 0 Å². The molecule has 0 spiro atoms. The molecule has 0 saturated heterocycles. The van der Waals surface area contributed by atoms with Crippen LogP contribution in [0.25, 0.3) is 15.9 Å². The molecule has 126 valence electrons. The van der Waals surface area contributed by atoms with Crippen molar-refractivity contribution in [3.8, 4) is 5.75 Å². The maximum atomic E-state index is 12.6. The molecule has 0 amide bonds. The van der Waals surface area contributed by atoms with Crippen LogP contribution in [0, 0.1) is 0 Å². The topological polar surface area (TPSA) is 56.5 Å². The first-order chi connectivity index (χ1) is 12.0. The van der Waals surface area contributed by atoms with Crippen LogP contribution in [0.4, 0.5) is 0 Å². The highest BCUT2D eigenvalue weighted by Crippen LogP contribution is 2.32. The van der Waals surface area contributed by atoms with Gasteiger partial charge in [0.05, 0.1) is 15.9 Å². The third-order valence-corrected chi connectivity index (χ3v) is 5.52. The summed E-state index contributed by atoms with van der Waals surface area (Å²) < 4.78 is 8.10. The maximum absolute atomic E-state index is 12.6. The molecule has 0 aliphatic rings. The molecule has 25 heavy (non-hydrogen) atoms. The van der Waals surface area contributed by atoms with Gasteiger partial charge in [0, 0.05) is 4.47 Å². The number of benzene rings is 2. The minimum absolute atomic E-state index is 0.183. The van der Waals surface area contributed by atoms with Gasteiger partial charge in [0.25, 0.3) is 5.56 Å². The SMILES string of the molecule is C[C@@H](Oc1ccc(Br)cc1Cl)c1nn2c(=O)c3ccccc3nc2s1. The number of hydrogen-bond acceptors (Lipinski definition) is 5. The van der Waals surface area contributed by atoms with E-state index in [1.165, 1.54) is 15.9 Å². The van der Waals surface area contributed by atoms with Crippen molar-refractivity contribution >= 4 is 54.7 Å². The van der Waals surface area contributed by atoms with Crippen LogP contribution in [0.1, 0.15) is 18.0 Å². The van der Waals surface area contributed by atoms with E-state index in [0.717, 1.165) is 4.47 Å². The fraction of sp³-hybridized carbons (Fsp3) is 0.118. The first-order valence-electron chi connectivity index (χ1n) is 7.43. The second-order valence-electron chi connectivity index (χ2n) is 5.40. The minimum Gasteiger partial charge on any atom is -0.482 e. The Kier molecular flexibility index (Phi) is 4.23. The van der Waals surface area contributed by atoms with Crippen LogP contribution in [-0.4, -0.2) is 14.6 Å². The van der Waals surface area contributed by atoms with Crippen molar-refractivity contribution in [2.24, 2.45) is 0 Å². The molecule has 0 bridgehead atoms. The number of para-hydroxylation sites is 1. The lowest BCUT2D eigenvalue weighted by molar-refractivity contribution is 0.225. The van der Waals surface area contributed by atoms with E-state index in [2.05, 4.69) is 26.0 Å². The van der Waals surface area contributed by atoms with Crippen LogP contribution in [0.5, 0.6) is 5.75 Å². The Balaban J connectivity index is 1.75. The van der Waals surface area contributed by atoms with Gasteiger partial charge in [-0.05, 0) is 37.3 Å². The zero-order valence-corrected chi connectivity index (χ0v) is 16.1. The molecule has 1 atom stereocenters. The summed E-state index contributed by atoms with van der Waals surface area (Å²) in [6.45, 7) is 1.86. The molecule has 5 nitrogen and oxygen atoms in total. The van der Waals surface area contributed by atoms with Gasteiger partial charge in [0.1, 0.15) is 11.9 Å². The predicted octanol–water partition coefficient (Wildman–Crippen LogP) is 4.86. The Bertz CT molecular complexity index is 1160. The van der Waals surface area contributed by atoms with Crippen LogP contribution < -0.4 is 10.3 Å². The number of rotatable bonds is 3. The molecule has 0 fully saturated rings. The molecule has 4 aromatic rings. The normalized spacial score (nSPS) is 12.6. The molecular formula is C17H11BrClN3O2S. The number of nitrogens with zero attached hydrogens (tertiary/aromatic N) is 3. The zero-order valence-electron chi connectivity index (χ0n) is 12.9. The van der Waals surface area contributed by atoms with E-state index < -0.39 is 0 Å². The Morgan fingerprint density at radius 2 is 2.08 bits per heavy atom. The first kappa shape index (κ1) is 16.5. The van der Waals surface area contributed by atoms with Crippen molar-refractivity contribution in [1.29, 1.82) is 0 Å². The highest BCUT2D eigenvalue weighted by atomic mass is 79.9. The van der Waals surface area contributed by atoms with Crippen molar-refractivity contribution in [3.05, 3.63) is 67.3 Å². The number of hydrogen-bond donors (Lipinski definition) is 0. The molecule has 2 aromatic carbocycles. The Labute approximate surface area is 160 Å². The quantitative estimate of drug-likeness (QED) is 0.460. The summed E-state index contributed by atoms with van der Waals surface area (Å²) >= 11 is 10.9. The molecule has 4 rings (SSSR count). The van der Waals surface area contributed by atoms with Gasteiger partial charge in [0.15, 0.2) is 5.01 Å². The monoisotopic (exact) mass is 435 g/mol. The zero-order chi connectivity index (χ0) is 17.6. The highest BCUT2D eigenvalue weighted by Gasteiger charge is 2.17. The smallest absolute Gasteiger partial charge is 0.283 e. The van der Waals surface area contributed by atoms with Gasteiger partial charge in [0.2, 0.25) is 4.96 Å². The summed E-state index contributed by atoms with van der Waals surface area (Å²) in [5.74, 6) is 0.557. The van der Waals surface area contributed by atoms with E-state index in [-0.39, 0.29) is 11.7 Å². The standard InChI is InChI=1S/C17H11BrClN3O2S/c1-9(24-14-7-6-10(18)8-12(14)19)15-21-22-16(23)11-4-2-3-5-13(11)20-17(22)25-15/h2-9H,1H3/t9-/m1/s1. The van der Waals surface area contributed by atoms with Gasteiger partial charge in [-0.2, -0.15) is 9.61 Å². The first-order valence-corrected chi connectivity index (χ1v) is 9.42. The molecule has 0 aliphatic carbocycles. The van der Waals surface area contributed by atoms with Crippen LogP contribution in [0.2, 0.25) is 5.02 Å².